The van der Waals surface area contributed by atoms with E-state index in [4.69, 9.17) is 16.3 Å². The van der Waals surface area contributed by atoms with Gasteiger partial charge >= 0.3 is 0 Å². The van der Waals surface area contributed by atoms with Gasteiger partial charge in [0.25, 0.3) is 0 Å². The largest absolute Gasteiger partial charge is 0.491 e. The first-order chi connectivity index (χ1) is 22.6. The van der Waals surface area contributed by atoms with Crippen molar-refractivity contribution in [2.45, 2.75) is 25.7 Å². The van der Waals surface area contributed by atoms with E-state index in [1.165, 1.54) is 17.0 Å². The van der Waals surface area contributed by atoms with Crippen LogP contribution in [0.4, 0.5) is 15.8 Å². The molecular weight excluding hydrogens is 623 g/mol. The Morgan fingerprint density at radius 2 is 1.70 bits per heavy atom. The number of hydrogen-bond donors (Lipinski definition) is 1. The second-order valence-electron chi connectivity index (χ2n) is 12.7. The smallest absolute Gasteiger partial charge is 0.241 e. The summed E-state index contributed by atoms with van der Waals surface area (Å²) in [7, 11) is 0. The van der Waals surface area contributed by atoms with Gasteiger partial charge in [-0.1, -0.05) is 66.2 Å². The summed E-state index contributed by atoms with van der Waals surface area (Å²) in [5.74, 6) is -5.30. The topological polar surface area (TPSA) is 104 Å². The van der Waals surface area contributed by atoms with Gasteiger partial charge in [-0.2, -0.15) is 0 Å². The first kappa shape index (κ1) is 31.0. The predicted molar refractivity (Wildman–Crippen MR) is 174 cm³/mol. The zero-order valence-electron chi connectivity index (χ0n) is 25.6. The number of rotatable bonds is 7. The zero-order chi connectivity index (χ0) is 33.2. The summed E-state index contributed by atoms with van der Waals surface area (Å²) < 4.78 is 20.1. The van der Waals surface area contributed by atoms with Crippen LogP contribution in [0.2, 0.25) is 5.02 Å². The third-order valence-corrected chi connectivity index (χ3v) is 10.7. The fourth-order valence-electron chi connectivity index (χ4n) is 8.25. The summed E-state index contributed by atoms with van der Waals surface area (Å²) in [6, 6.07) is 17.9. The van der Waals surface area contributed by atoms with Crippen LogP contribution in [-0.2, 0) is 19.2 Å². The van der Waals surface area contributed by atoms with Gasteiger partial charge in [0.1, 0.15) is 18.2 Å². The van der Waals surface area contributed by atoms with Crippen molar-refractivity contribution in [3.63, 3.8) is 0 Å². The van der Waals surface area contributed by atoms with Crippen LogP contribution in [0.5, 0.6) is 5.75 Å². The molecule has 0 spiro atoms. The number of ether oxygens (including phenoxy) is 1. The van der Waals surface area contributed by atoms with Crippen molar-refractivity contribution in [2.24, 2.45) is 29.1 Å². The number of amides is 4. The standard InChI is InChI=1S/C37H32ClFN2O6/c1-3-20-8-10-21(11-9-20)40-33(43)25-14-13-23-26(31(25)35(40)45)19-27-34(44)41(22-12-15-29(39)28(38)18-22)36(46)37(27,2)32(23)24-6-4-5-7-30(24)47-17-16-42/h3-13,15,18,25-27,31-32,42H,1,14,16-17,19H2,2H3. The SMILES string of the molecule is C=Cc1ccc(N2C(=O)C3CC=C4C(CC5C(=O)N(c6ccc(F)c(Cl)c6)C(=O)C5(C)C4c4ccccc4OCCO)C3C2=O)cc1. The van der Waals surface area contributed by atoms with Gasteiger partial charge in [-0.15, -0.1) is 0 Å². The lowest BCUT2D eigenvalue weighted by atomic mass is 9.51. The molecule has 47 heavy (non-hydrogen) atoms. The van der Waals surface area contributed by atoms with Gasteiger partial charge in [0.05, 0.1) is 46.2 Å². The molecule has 3 aromatic rings. The molecule has 2 aliphatic carbocycles. The quantitative estimate of drug-likeness (QED) is 0.250. The van der Waals surface area contributed by atoms with E-state index >= 15 is 0 Å². The molecule has 2 heterocycles. The number of imide groups is 2. The maximum absolute atomic E-state index is 14.6. The molecule has 6 unspecified atom stereocenters. The van der Waals surface area contributed by atoms with Crippen molar-refractivity contribution in [1.29, 1.82) is 0 Å². The lowest BCUT2D eigenvalue weighted by Gasteiger charge is -2.49. The minimum Gasteiger partial charge on any atom is -0.491 e. The Labute approximate surface area is 276 Å². The molecule has 3 aromatic carbocycles. The van der Waals surface area contributed by atoms with Crippen molar-refractivity contribution >= 4 is 52.7 Å². The van der Waals surface area contributed by atoms with E-state index in [0.29, 0.717) is 23.4 Å². The highest BCUT2D eigenvalue weighted by molar-refractivity contribution is 6.32. The van der Waals surface area contributed by atoms with Crippen molar-refractivity contribution in [3.8, 4) is 5.75 Å². The average molecular weight is 655 g/mol. The van der Waals surface area contributed by atoms with Gasteiger partial charge in [-0.05, 0) is 67.6 Å². The molecular formula is C37H32ClFN2O6. The highest BCUT2D eigenvalue weighted by Crippen LogP contribution is 2.64. The summed E-state index contributed by atoms with van der Waals surface area (Å²) in [4.78, 5) is 59.4. The maximum atomic E-state index is 14.6. The third kappa shape index (κ3) is 4.58. The molecule has 1 N–H and O–H groups in total. The lowest BCUT2D eigenvalue weighted by Crippen LogP contribution is -2.49. The Bertz CT molecular complexity index is 1870. The molecule has 2 saturated heterocycles. The molecule has 0 bridgehead atoms. The molecule has 8 nitrogen and oxygen atoms in total. The number of benzene rings is 3. The van der Waals surface area contributed by atoms with Crippen LogP contribution in [0.3, 0.4) is 0 Å². The monoisotopic (exact) mass is 654 g/mol. The van der Waals surface area contributed by atoms with Crippen molar-refractivity contribution in [1.82, 2.24) is 0 Å². The van der Waals surface area contributed by atoms with E-state index in [9.17, 15) is 28.7 Å². The second-order valence-corrected chi connectivity index (χ2v) is 13.1. The molecule has 3 fully saturated rings. The van der Waals surface area contributed by atoms with E-state index in [-0.39, 0.29) is 42.2 Å². The van der Waals surface area contributed by atoms with Crippen LogP contribution in [0.1, 0.15) is 36.8 Å². The molecule has 1 saturated carbocycles. The molecule has 4 aliphatic rings. The molecule has 2 aliphatic heterocycles. The number of para-hydroxylation sites is 1. The number of anilines is 2. The minimum absolute atomic E-state index is 0.0106. The third-order valence-electron chi connectivity index (χ3n) is 10.4. The molecule has 0 radical (unpaired) electrons. The van der Waals surface area contributed by atoms with E-state index < -0.39 is 52.6 Å². The first-order valence-corrected chi connectivity index (χ1v) is 16.0. The van der Waals surface area contributed by atoms with Crippen LogP contribution in [0.15, 0.2) is 85.0 Å². The van der Waals surface area contributed by atoms with Crippen LogP contribution in [-0.4, -0.2) is 41.9 Å². The lowest BCUT2D eigenvalue weighted by molar-refractivity contribution is -0.131. The number of carbonyl (C=O) groups excluding carboxylic acids is 4. The number of aliphatic hydroxyl groups is 1. The molecule has 7 rings (SSSR count). The number of allylic oxidation sites excluding steroid dienone is 2. The average Bonchev–Trinajstić information content (AvgIpc) is 3.44. The van der Waals surface area contributed by atoms with Crippen molar-refractivity contribution in [3.05, 3.63) is 107 Å². The molecule has 10 heteroatoms. The first-order valence-electron chi connectivity index (χ1n) is 15.6. The Morgan fingerprint density at radius 1 is 0.979 bits per heavy atom. The van der Waals surface area contributed by atoms with E-state index in [1.807, 2.05) is 18.2 Å². The maximum Gasteiger partial charge on any atom is 0.241 e. The van der Waals surface area contributed by atoms with Crippen LogP contribution < -0.4 is 14.5 Å². The fraction of sp³-hybridized carbons (Fsp3) is 0.297. The van der Waals surface area contributed by atoms with Gasteiger partial charge < -0.3 is 9.84 Å². The number of aliphatic hydroxyl groups excluding tert-OH is 1. The Hall–Kier alpha value is -4.60. The number of halogens is 2. The normalized spacial score (nSPS) is 28.2. The molecule has 240 valence electrons. The minimum atomic E-state index is -1.32. The highest BCUT2D eigenvalue weighted by atomic mass is 35.5. The Balaban J connectivity index is 1.36. The summed E-state index contributed by atoms with van der Waals surface area (Å²) in [5, 5.41) is 9.32. The van der Waals surface area contributed by atoms with Crippen molar-refractivity contribution < 1.29 is 33.4 Å². The summed E-state index contributed by atoms with van der Waals surface area (Å²) >= 11 is 6.09. The summed E-state index contributed by atoms with van der Waals surface area (Å²) in [6.07, 6.45) is 4.10. The molecule has 6 atom stereocenters. The van der Waals surface area contributed by atoms with Crippen molar-refractivity contribution in [2.75, 3.05) is 23.0 Å². The Kier molecular flexibility index (Phi) is 7.64. The number of carbonyl (C=O) groups is 4. The van der Waals surface area contributed by atoms with Gasteiger partial charge in [0.2, 0.25) is 23.6 Å². The highest BCUT2D eigenvalue weighted by Gasteiger charge is 2.68. The Morgan fingerprint density at radius 3 is 2.40 bits per heavy atom. The summed E-state index contributed by atoms with van der Waals surface area (Å²) in [5.41, 5.74) is 1.58. The van der Waals surface area contributed by atoms with Crippen LogP contribution >= 0.6 is 11.6 Å². The van der Waals surface area contributed by atoms with Gasteiger partial charge in [0, 0.05) is 11.5 Å². The van der Waals surface area contributed by atoms with Gasteiger partial charge in [-0.25, -0.2) is 9.29 Å². The predicted octanol–water partition coefficient (Wildman–Crippen LogP) is 5.93. The van der Waals surface area contributed by atoms with Crippen LogP contribution in [0.25, 0.3) is 6.08 Å². The molecule has 0 aromatic heterocycles. The second kappa shape index (κ2) is 11.6. The zero-order valence-corrected chi connectivity index (χ0v) is 26.3. The van der Waals surface area contributed by atoms with E-state index in [1.54, 1.807) is 49.4 Å². The van der Waals surface area contributed by atoms with Gasteiger partial charge in [0.15, 0.2) is 0 Å². The summed E-state index contributed by atoms with van der Waals surface area (Å²) in [6.45, 7) is 5.31. The number of fused-ring (bicyclic) bond motifs is 4. The fourth-order valence-corrected chi connectivity index (χ4v) is 8.42. The van der Waals surface area contributed by atoms with Crippen LogP contribution in [0, 0.1) is 34.9 Å². The molecule has 4 amide bonds. The number of hydrogen-bond acceptors (Lipinski definition) is 6. The van der Waals surface area contributed by atoms with Gasteiger partial charge in [-0.3, -0.25) is 24.1 Å². The van der Waals surface area contributed by atoms with E-state index in [0.717, 1.165) is 22.1 Å². The van der Waals surface area contributed by atoms with E-state index in [2.05, 4.69) is 6.58 Å². The number of nitrogens with zero attached hydrogens (tertiary/aromatic N) is 2.